The molecule has 1 aliphatic heterocycles. The Balaban J connectivity index is 1.95. The fourth-order valence-corrected chi connectivity index (χ4v) is 4.32. The van der Waals surface area contributed by atoms with Crippen LogP contribution < -0.4 is 9.47 Å². The van der Waals surface area contributed by atoms with Gasteiger partial charge in [-0.2, -0.15) is 5.26 Å². The number of allylic oxidation sites excluding steroid dienone is 7. The number of ether oxygens (including phenoxy) is 3. The van der Waals surface area contributed by atoms with Crippen LogP contribution in [-0.2, 0) is 4.74 Å². The van der Waals surface area contributed by atoms with Crippen molar-refractivity contribution in [3.8, 4) is 17.6 Å². The third kappa shape index (κ3) is 6.87. The third-order valence-corrected chi connectivity index (χ3v) is 6.52. The van der Waals surface area contributed by atoms with Crippen molar-refractivity contribution in [1.82, 2.24) is 0 Å². The summed E-state index contributed by atoms with van der Waals surface area (Å²) < 4.78 is 17.1. The first kappa shape index (κ1) is 27.7. The minimum atomic E-state index is -0.00780. The van der Waals surface area contributed by atoms with Gasteiger partial charge in [-0.15, -0.1) is 0 Å². The summed E-state index contributed by atoms with van der Waals surface area (Å²) >= 11 is 0. The molecule has 192 valence electrons. The van der Waals surface area contributed by atoms with Gasteiger partial charge < -0.3 is 14.2 Å². The van der Waals surface area contributed by atoms with Crippen molar-refractivity contribution >= 4 is 16.9 Å². The molecule has 3 rings (SSSR count). The largest absolute Gasteiger partial charge is 0.496 e. The van der Waals surface area contributed by atoms with Crippen LogP contribution in [0.15, 0.2) is 72.4 Å². The predicted octanol–water partition coefficient (Wildman–Crippen LogP) is 7.34. The highest BCUT2D eigenvalue weighted by molar-refractivity contribution is 5.95. The van der Waals surface area contributed by atoms with Crippen LogP contribution in [0.2, 0.25) is 0 Å². The Bertz CT molecular complexity index is 1300. The van der Waals surface area contributed by atoms with E-state index in [0.717, 1.165) is 46.3 Å². The summed E-state index contributed by atoms with van der Waals surface area (Å²) in [7, 11) is 1.60. The van der Waals surface area contributed by atoms with Gasteiger partial charge in [-0.05, 0) is 73.7 Å². The molecule has 0 radical (unpaired) electrons. The van der Waals surface area contributed by atoms with Gasteiger partial charge in [-0.25, -0.2) is 0 Å². The molecule has 1 saturated heterocycles. The second-order valence-electron chi connectivity index (χ2n) is 9.11. The number of hydrogen-bond donors (Lipinski definition) is 0. The molecule has 2 aromatic carbocycles. The van der Waals surface area contributed by atoms with E-state index in [1.807, 2.05) is 69.3 Å². The van der Waals surface area contributed by atoms with Crippen molar-refractivity contribution in [2.45, 2.75) is 46.6 Å². The van der Waals surface area contributed by atoms with E-state index in [4.69, 9.17) is 14.2 Å². The maximum atomic E-state index is 11.8. The lowest BCUT2D eigenvalue weighted by atomic mass is 9.92. The molecular weight excluding hydrogens is 462 g/mol. The smallest absolute Gasteiger partial charge is 0.159 e. The second-order valence-corrected chi connectivity index (χ2v) is 9.11. The van der Waals surface area contributed by atoms with Gasteiger partial charge in [0.1, 0.15) is 23.7 Å². The first-order valence-electron chi connectivity index (χ1n) is 12.5. The molecule has 5 nitrogen and oxygen atoms in total. The molecular formula is C32H35NO4. The molecule has 0 atom stereocenters. The molecule has 0 aliphatic carbocycles. The number of benzene rings is 2. The molecule has 0 unspecified atom stereocenters. The molecule has 1 aliphatic rings. The Labute approximate surface area is 220 Å². The molecule has 0 N–H and O–H groups in total. The van der Waals surface area contributed by atoms with Gasteiger partial charge in [-0.3, -0.25) is 4.79 Å². The average molecular weight is 498 g/mol. The Hall–Kier alpha value is -3.88. The molecule has 1 fully saturated rings. The molecule has 5 heteroatoms. The molecule has 37 heavy (non-hydrogen) atoms. The van der Waals surface area contributed by atoms with Gasteiger partial charge in [0.05, 0.1) is 25.9 Å². The van der Waals surface area contributed by atoms with E-state index in [2.05, 4.69) is 12.6 Å². The monoisotopic (exact) mass is 497 g/mol. The number of ketones is 1. The number of hydrogen-bond acceptors (Lipinski definition) is 5. The van der Waals surface area contributed by atoms with Gasteiger partial charge in [0.15, 0.2) is 5.78 Å². The summed E-state index contributed by atoms with van der Waals surface area (Å²) in [5.41, 5.74) is 6.70. The van der Waals surface area contributed by atoms with Crippen molar-refractivity contribution < 1.29 is 19.0 Å². The summed E-state index contributed by atoms with van der Waals surface area (Å²) in [6, 6.07) is 13.5. The van der Waals surface area contributed by atoms with Gasteiger partial charge in [0, 0.05) is 24.0 Å². The lowest BCUT2D eigenvalue weighted by molar-refractivity contribution is 0.0254. The Kier molecular flexibility index (Phi) is 9.65. The second kappa shape index (κ2) is 12.9. The van der Waals surface area contributed by atoms with E-state index in [1.165, 1.54) is 6.92 Å². The average Bonchev–Trinajstić information content (AvgIpc) is 2.91. The maximum absolute atomic E-state index is 11.8. The van der Waals surface area contributed by atoms with E-state index < -0.39 is 0 Å². The van der Waals surface area contributed by atoms with Gasteiger partial charge >= 0.3 is 0 Å². The maximum Gasteiger partial charge on any atom is 0.159 e. The minimum absolute atomic E-state index is 0.00780. The molecule has 0 bridgehead atoms. The minimum Gasteiger partial charge on any atom is -0.496 e. The number of rotatable bonds is 9. The van der Waals surface area contributed by atoms with E-state index in [0.29, 0.717) is 35.8 Å². The van der Waals surface area contributed by atoms with Crippen molar-refractivity contribution in [2.24, 2.45) is 0 Å². The Morgan fingerprint density at radius 2 is 1.78 bits per heavy atom. The van der Waals surface area contributed by atoms with Crippen LogP contribution in [0.4, 0.5) is 0 Å². The highest BCUT2D eigenvalue weighted by Crippen LogP contribution is 2.33. The van der Waals surface area contributed by atoms with Crippen molar-refractivity contribution in [2.75, 3.05) is 20.3 Å². The molecule has 1 heterocycles. The summed E-state index contributed by atoms with van der Waals surface area (Å²) in [4.78, 5) is 11.8. The summed E-state index contributed by atoms with van der Waals surface area (Å²) in [6.45, 7) is 13.2. The molecule has 2 aromatic rings. The van der Waals surface area contributed by atoms with Crippen LogP contribution >= 0.6 is 0 Å². The fourth-order valence-electron chi connectivity index (χ4n) is 4.32. The van der Waals surface area contributed by atoms with Crippen LogP contribution in [0.25, 0.3) is 11.1 Å². The van der Waals surface area contributed by atoms with Crippen LogP contribution in [0, 0.1) is 11.3 Å². The first-order chi connectivity index (χ1) is 17.8. The third-order valence-electron chi connectivity index (χ3n) is 6.52. The summed E-state index contributed by atoms with van der Waals surface area (Å²) in [6.07, 6.45) is 7.73. The SMILES string of the molecule is C=C(/C=C(\C)c1ccc(C(C)=O)cc1OC)/C(C)=C(\C=C/C)c1ccc(OC2CCOCC2)c(C#N)c1. The van der Waals surface area contributed by atoms with Gasteiger partial charge in [-0.1, -0.05) is 43.0 Å². The van der Waals surface area contributed by atoms with E-state index in [1.54, 1.807) is 13.2 Å². The van der Waals surface area contributed by atoms with E-state index in [-0.39, 0.29) is 11.9 Å². The zero-order valence-electron chi connectivity index (χ0n) is 22.4. The topological polar surface area (TPSA) is 68.6 Å². The van der Waals surface area contributed by atoms with E-state index in [9.17, 15) is 10.1 Å². The standard InChI is InChI=1S/C32H35NO4/c1-7-8-30(26-10-12-31(27(18-26)20-33)37-28-13-15-36-16-14-28)23(4)21(2)17-22(3)29-11-9-25(24(5)34)19-32(29)35-6/h7-12,17-19,28H,2,13-16H2,1,3-6H3/b8-7-,22-17+,30-23+. The van der Waals surface area contributed by atoms with Crippen molar-refractivity contribution in [3.63, 3.8) is 0 Å². The van der Waals surface area contributed by atoms with Crippen molar-refractivity contribution in [3.05, 3.63) is 94.6 Å². The molecule has 0 saturated carbocycles. The highest BCUT2D eigenvalue weighted by Gasteiger charge is 2.18. The normalized spacial score (nSPS) is 15.2. The predicted molar refractivity (Wildman–Crippen MR) is 149 cm³/mol. The highest BCUT2D eigenvalue weighted by atomic mass is 16.5. The summed E-state index contributed by atoms with van der Waals surface area (Å²) in [5, 5.41) is 9.83. The van der Waals surface area contributed by atoms with Gasteiger partial charge in [0.25, 0.3) is 0 Å². The van der Waals surface area contributed by atoms with Crippen LogP contribution in [0.5, 0.6) is 11.5 Å². The fraction of sp³-hybridized carbons (Fsp3) is 0.312. The molecule has 0 amide bonds. The number of carbonyl (C=O) groups excluding carboxylic acids is 1. The van der Waals surface area contributed by atoms with Crippen molar-refractivity contribution in [1.29, 1.82) is 5.26 Å². The zero-order chi connectivity index (χ0) is 26.9. The lowest BCUT2D eigenvalue weighted by Crippen LogP contribution is -2.26. The van der Waals surface area contributed by atoms with Gasteiger partial charge in [0.2, 0.25) is 0 Å². The zero-order valence-corrected chi connectivity index (χ0v) is 22.4. The molecule has 0 aromatic heterocycles. The quantitative estimate of drug-likeness (QED) is 0.268. The lowest BCUT2D eigenvalue weighted by Gasteiger charge is -2.24. The molecule has 0 spiro atoms. The first-order valence-corrected chi connectivity index (χ1v) is 12.5. The number of methoxy groups -OCH3 is 1. The Morgan fingerprint density at radius 1 is 1.08 bits per heavy atom. The number of nitrogens with zero attached hydrogens (tertiary/aromatic N) is 1. The van der Waals surface area contributed by atoms with E-state index >= 15 is 0 Å². The van der Waals surface area contributed by atoms with Crippen LogP contribution in [-0.4, -0.2) is 32.2 Å². The van der Waals surface area contributed by atoms with Crippen LogP contribution in [0.3, 0.4) is 0 Å². The number of carbonyl (C=O) groups is 1. The number of Topliss-reactive ketones (excluding diaryl/α,β-unsaturated/α-hetero) is 1. The number of nitriles is 1. The Morgan fingerprint density at radius 3 is 2.41 bits per heavy atom. The van der Waals surface area contributed by atoms with Crippen LogP contribution in [0.1, 0.15) is 67.6 Å². The summed E-state index contributed by atoms with van der Waals surface area (Å²) in [5.74, 6) is 1.24.